The molecule has 0 unspecified atom stereocenters. The molecule has 0 radical (unpaired) electrons. The normalized spacial score (nSPS) is 17.9. The van der Waals surface area contributed by atoms with Crippen molar-refractivity contribution in [3.8, 4) is 11.5 Å². The van der Waals surface area contributed by atoms with Crippen LogP contribution in [0.4, 0.5) is 5.69 Å². The van der Waals surface area contributed by atoms with Crippen molar-refractivity contribution >= 4 is 17.5 Å². The van der Waals surface area contributed by atoms with Crippen LogP contribution in [0.5, 0.6) is 11.5 Å². The van der Waals surface area contributed by atoms with E-state index < -0.39 is 0 Å². The predicted molar refractivity (Wildman–Crippen MR) is 106 cm³/mol. The van der Waals surface area contributed by atoms with Gasteiger partial charge in [0.25, 0.3) is 0 Å². The zero-order valence-corrected chi connectivity index (χ0v) is 17.1. The average Bonchev–Trinajstić information content (AvgIpc) is 3.02. The van der Waals surface area contributed by atoms with Crippen LogP contribution < -0.4 is 19.7 Å². The van der Waals surface area contributed by atoms with Crippen molar-refractivity contribution in [2.45, 2.75) is 52.5 Å². The van der Waals surface area contributed by atoms with Gasteiger partial charge in [-0.3, -0.25) is 9.59 Å². The molecule has 0 spiro atoms. The Morgan fingerprint density at radius 1 is 1.22 bits per heavy atom. The molecule has 1 aromatic carbocycles. The van der Waals surface area contributed by atoms with Crippen LogP contribution in [0, 0.1) is 11.8 Å². The van der Waals surface area contributed by atoms with E-state index in [2.05, 4.69) is 19.2 Å². The molecule has 0 aliphatic carbocycles. The van der Waals surface area contributed by atoms with Crippen molar-refractivity contribution in [1.29, 1.82) is 0 Å². The molecule has 1 aliphatic rings. The Labute approximate surface area is 162 Å². The Bertz CT molecular complexity index is 660. The van der Waals surface area contributed by atoms with Crippen molar-refractivity contribution in [1.82, 2.24) is 5.32 Å². The first-order chi connectivity index (χ1) is 12.8. The molecule has 27 heavy (non-hydrogen) atoms. The van der Waals surface area contributed by atoms with E-state index >= 15 is 0 Å². The number of anilines is 1. The average molecular weight is 376 g/mol. The molecule has 1 aromatic rings. The van der Waals surface area contributed by atoms with Gasteiger partial charge in [-0.25, -0.2) is 0 Å². The molecule has 0 aromatic heterocycles. The molecule has 2 rings (SSSR count). The highest BCUT2D eigenvalue weighted by Crippen LogP contribution is 2.35. The Balaban J connectivity index is 1.97. The fraction of sp³-hybridized carbons (Fsp3) is 0.619. The Morgan fingerprint density at radius 3 is 2.59 bits per heavy atom. The van der Waals surface area contributed by atoms with Gasteiger partial charge in [-0.05, 0) is 31.4 Å². The number of benzene rings is 1. The van der Waals surface area contributed by atoms with E-state index in [1.165, 1.54) is 0 Å². The third kappa shape index (κ3) is 5.62. The minimum Gasteiger partial charge on any atom is -0.497 e. The van der Waals surface area contributed by atoms with Crippen molar-refractivity contribution in [2.75, 3.05) is 25.7 Å². The monoisotopic (exact) mass is 376 g/mol. The summed E-state index contributed by atoms with van der Waals surface area (Å²) in [5, 5.41) is 3.07. The molecular formula is C21H32N2O4. The molecule has 1 aliphatic heterocycles. The zero-order chi connectivity index (χ0) is 20.0. The summed E-state index contributed by atoms with van der Waals surface area (Å²) in [5.74, 6) is 1.45. The number of nitrogens with zero attached hydrogens (tertiary/aromatic N) is 1. The lowest BCUT2D eigenvalue weighted by Crippen LogP contribution is -2.38. The van der Waals surface area contributed by atoms with E-state index in [0.717, 1.165) is 19.3 Å². The lowest BCUT2D eigenvalue weighted by Gasteiger charge is -2.21. The molecule has 0 saturated carbocycles. The number of carbonyl (C=O) groups excluding carboxylic acids is 2. The number of methoxy groups -OCH3 is 2. The Morgan fingerprint density at radius 2 is 1.96 bits per heavy atom. The topological polar surface area (TPSA) is 67.9 Å². The summed E-state index contributed by atoms with van der Waals surface area (Å²) in [4.78, 5) is 26.7. The third-order valence-electron chi connectivity index (χ3n) is 4.98. The van der Waals surface area contributed by atoms with Crippen molar-refractivity contribution < 1.29 is 19.1 Å². The molecule has 1 fully saturated rings. The standard InChI is InChI=1S/C21H32N2O4/c1-14(2)7-6-8-15(3)22-21(25)16-11-20(24)23(13-16)18-10-9-17(26-4)12-19(18)27-5/h9-10,12,14-16H,6-8,11,13H2,1-5H3,(H,22,25)/t15-,16-/m1/s1. The van der Waals surface area contributed by atoms with Gasteiger partial charge in [0, 0.05) is 25.1 Å². The molecule has 6 heteroatoms. The maximum absolute atomic E-state index is 12.6. The first-order valence-corrected chi connectivity index (χ1v) is 9.68. The molecule has 150 valence electrons. The minimum atomic E-state index is -0.336. The van der Waals surface area contributed by atoms with E-state index in [0.29, 0.717) is 29.6 Å². The highest BCUT2D eigenvalue weighted by atomic mass is 16.5. The molecule has 6 nitrogen and oxygen atoms in total. The van der Waals surface area contributed by atoms with Crippen molar-refractivity contribution in [2.24, 2.45) is 11.8 Å². The van der Waals surface area contributed by atoms with E-state index in [1.54, 1.807) is 37.3 Å². The van der Waals surface area contributed by atoms with Crippen LogP contribution in [0.3, 0.4) is 0 Å². The summed E-state index contributed by atoms with van der Waals surface area (Å²) in [5.41, 5.74) is 0.670. The number of hydrogen-bond donors (Lipinski definition) is 1. The number of hydrogen-bond acceptors (Lipinski definition) is 4. The fourth-order valence-corrected chi connectivity index (χ4v) is 3.39. The maximum Gasteiger partial charge on any atom is 0.227 e. The predicted octanol–water partition coefficient (Wildman–Crippen LogP) is 3.39. The minimum absolute atomic E-state index is 0.0459. The second kappa shape index (κ2) is 9.62. The van der Waals surface area contributed by atoms with Gasteiger partial charge in [0.05, 0.1) is 25.8 Å². The lowest BCUT2D eigenvalue weighted by molar-refractivity contribution is -0.126. The molecule has 1 saturated heterocycles. The maximum atomic E-state index is 12.6. The summed E-state index contributed by atoms with van der Waals surface area (Å²) >= 11 is 0. The third-order valence-corrected chi connectivity index (χ3v) is 4.98. The van der Waals surface area contributed by atoms with Crippen LogP contribution in [0.1, 0.15) is 46.5 Å². The quantitative estimate of drug-likeness (QED) is 0.717. The van der Waals surface area contributed by atoms with Crippen LogP contribution in [0.25, 0.3) is 0 Å². The number of carbonyl (C=O) groups is 2. The van der Waals surface area contributed by atoms with Gasteiger partial charge in [-0.1, -0.05) is 26.7 Å². The number of nitrogens with one attached hydrogen (secondary N) is 1. The van der Waals surface area contributed by atoms with Crippen LogP contribution in [0.15, 0.2) is 18.2 Å². The summed E-state index contributed by atoms with van der Waals surface area (Å²) < 4.78 is 10.6. The summed E-state index contributed by atoms with van der Waals surface area (Å²) in [6.45, 7) is 6.80. The Kier molecular flexibility index (Phi) is 7.51. The molecule has 0 bridgehead atoms. The van der Waals surface area contributed by atoms with Crippen LogP contribution in [-0.4, -0.2) is 38.6 Å². The fourth-order valence-electron chi connectivity index (χ4n) is 3.39. The lowest BCUT2D eigenvalue weighted by atomic mass is 10.0. The number of ether oxygens (including phenoxy) is 2. The molecule has 1 N–H and O–H groups in total. The molecule has 2 atom stereocenters. The van der Waals surface area contributed by atoms with E-state index in [-0.39, 0.29) is 30.2 Å². The summed E-state index contributed by atoms with van der Waals surface area (Å²) in [6.07, 6.45) is 3.44. The van der Waals surface area contributed by atoms with Crippen LogP contribution in [-0.2, 0) is 9.59 Å². The van der Waals surface area contributed by atoms with Gasteiger partial charge in [0.1, 0.15) is 11.5 Å². The Hall–Kier alpha value is -2.24. The summed E-state index contributed by atoms with van der Waals surface area (Å²) in [6, 6.07) is 5.45. The first-order valence-electron chi connectivity index (χ1n) is 9.68. The number of amides is 2. The van der Waals surface area contributed by atoms with Crippen LogP contribution in [0.2, 0.25) is 0 Å². The molecular weight excluding hydrogens is 344 g/mol. The first kappa shape index (κ1) is 21.1. The SMILES string of the molecule is COc1ccc(N2C[C@H](C(=O)N[C@H](C)CCCC(C)C)CC2=O)c(OC)c1. The van der Waals surface area contributed by atoms with Gasteiger partial charge >= 0.3 is 0 Å². The van der Waals surface area contributed by atoms with Crippen molar-refractivity contribution in [3.63, 3.8) is 0 Å². The van der Waals surface area contributed by atoms with Gasteiger partial charge in [0.2, 0.25) is 11.8 Å². The van der Waals surface area contributed by atoms with Gasteiger partial charge < -0.3 is 19.7 Å². The highest BCUT2D eigenvalue weighted by Gasteiger charge is 2.36. The second-order valence-electron chi connectivity index (χ2n) is 7.68. The zero-order valence-electron chi connectivity index (χ0n) is 17.1. The smallest absolute Gasteiger partial charge is 0.227 e. The summed E-state index contributed by atoms with van der Waals surface area (Å²) in [7, 11) is 3.14. The van der Waals surface area contributed by atoms with Crippen LogP contribution >= 0.6 is 0 Å². The second-order valence-corrected chi connectivity index (χ2v) is 7.68. The highest BCUT2D eigenvalue weighted by molar-refractivity contribution is 6.01. The molecule has 1 heterocycles. The van der Waals surface area contributed by atoms with Gasteiger partial charge in [-0.2, -0.15) is 0 Å². The van der Waals surface area contributed by atoms with E-state index in [1.807, 2.05) is 6.92 Å². The largest absolute Gasteiger partial charge is 0.497 e. The molecule has 2 amide bonds. The number of rotatable bonds is 9. The van der Waals surface area contributed by atoms with E-state index in [4.69, 9.17) is 9.47 Å². The van der Waals surface area contributed by atoms with E-state index in [9.17, 15) is 9.59 Å². The van der Waals surface area contributed by atoms with Gasteiger partial charge in [-0.15, -0.1) is 0 Å². The van der Waals surface area contributed by atoms with Crippen molar-refractivity contribution in [3.05, 3.63) is 18.2 Å². The van der Waals surface area contributed by atoms with Gasteiger partial charge in [0.15, 0.2) is 0 Å².